The zero-order valence-corrected chi connectivity index (χ0v) is 45.1. The Morgan fingerprint density at radius 1 is 0.403 bits per heavy atom. The number of amides is 1. The minimum atomic E-state index is -0.854. The lowest BCUT2D eigenvalue weighted by molar-refractivity contribution is -0.143. The van der Waals surface area contributed by atoms with Crippen molar-refractivity contribution in [2.24, 2.45) is 0 Å². The lowest BCUT2D eigenvalue weighted by Gasteiger charge is -2.20. The molecule has 2 atom stereocenters. The highest BCUT2D eigenvalue weighted by atomic mass is 16.5. The molecule has 0 heterocycles. The number of rotatable bonds is 56. The summed E-state index contributed by atoms with van der Waals surface area (Å²) < 4.78 is 5.48. The van der Waals surface area contributed by atoms with Gasteiger partial charge in [0.1, 0.15) is 0 Å². The van der Waals surface area contributed by atoms with Crippen LogP contribution in [0.4, 0.5) is 0 Å². The van der Waals surface area contributed by atoms with Crippen LogP contribution in [0.25, 0.3) is 0 Å². The van der Waals surface area contributed by atoms with Crippen LogP contribution in [0.3, 0.4) is 0 Å². The van der Waals surface area contributed by atoms with Crippen LogP contribution in [0.15, 0.2) is 24.3 Å². The molecule has 0 saturated carbocycles. The Morgan fingerprint density at radius 3 is 1.06 bits per heavy atom. The van der Waals surface area contributed by atoms with Crippen LogP contribution >= 0.6 is 0 Å². The van der Waals surface area contributed by atoms with Gasteiger partial charge in [-0.1, -0.05) is 282 Å². The third-order valence-electron chi connectivity index (χ3n) is 14.0. The molecule has 0 aliphatic carbocycles. The van der Waals surface area contributed by atoms with Gasteiger partial charge >= 0.3 is 5.97 Å². The van der Waals surface area contributed by atoms with E-state index in [0.717, 1.165) is 57.8 Å². The summed E-state index contributed by atoms with van der Waals surface area (Å²) in [4.78, 5) is 24.6. The van der Waals surface area contributed by atoms with E-state index in [9.17, 15) is 19.8 Å². The van der Waals surface area contributed by atoms with E-state index in [1.165, 1.54) is 244 Å². The smallest absolute Gasteiger partial charge is 0.305 e. The van der Waals surface area contributed by atoms with Crippen molar-refractivity contribution < 1.29 is 24.5 Å². The number of unbranched alkanes of at least 4 members (excludes halogenated alkanes) is 43. The lowest BCUT2D eigenvalue weighted by atomic mass is 10.0. The van der Waals surface area contributed by atoms with Gasteiger partial charge in [-0.25, -0.2) is 0 Å². The van der Waals surface area contributed by atoms with Crippen LogP contribution in [0, 0.1) is 0 Å². The molecule has 0 spiro atoms. The van der Waals surface area contributed by atoms with Gasteiger partial charge in [0.2, 0.25) is 5.91 Å². The Labute approximate surface area is 418 Å². The zero-order valence-electron chi connectivity index (χ0n) is 45.1. The maximum Gasteiger partial charge on any atom is 0.305 e. The average Bonchev–Trinajstić information content (AvgIpc) is 3.33. The molecule has 0 radical (unpaired) electrons. The second kappa shape index (κ2) is 56.9. The summed E-state index contributed by atoms with van der Waals surface area (Å²) >= 11 is 0. The van der Waals surface area contributed by atoms with Gasteiger partial charge in [0.05, 0.1) is 25.4 Å². The summed E-state index contributed by atoms with van der Waals surface area (Å²) in [6.07, 6.45) is 69.1. The second-order valence-electron chi connectivity index (χ2n) is 20.7. The van der Waals surface area contributed by atoms with Crippen LogP contribution in [-0.2, 0) is 14.3 Å². The molecule has 6 nitrogen and oxygen atoms in total. The quantitative estimate of drug-likeness (QED) is 0.0321. The Hall–Kier alpha value is -1.66. The monoisotopic (exact) mass is 944 g/mol. The van der Waals surface area contributed by atoms with Gasteiger partial charge in [0.15, 0.2) is 0 Å². The first-order chi connectivity index (χ1) is 33.0. The number of hydrogen-bond donors (Lipinski definition) is 3. The molecule has 0 aromatic heterocycles. The van der Waals surface area contributed by atoms with E-state index in [1.807, 2.05) is 6.08 Å². The predicted molar refractivity (Wildman–Crippen MR) is 292 cm³/mol. The number of aliphatic hydroxyl groups is 2. The molecule has 0 aliphatic heterocycles. The van der Waals surface area contributed by atoms with Crippen molar-refractivity contribution in [3.63, 3.8) is 0 Å². The summed E-state index contributed by atoms with van der Waals surface area (Å²) in [5, 5.41) is 23.2. The highest BCUT2D eigenvalue weighted by Crippen LogP contribution is 2.17. The van der Waals surface area contributed by atoms with Crippen LogP contribution in [-0.4, -0.2) is 47.4 Å². The molecule has 0 aromatic rings. The van der Waals surface area contributed by atoms with Crippen molar-refractivity contribution in [3.05, 3.63) is 24.3 Å². The van der Waals surface area contributed by atoms with E-state index in [-0.39, 0.29) is 18.5 Å². The van der Waals surface area contributed by atoms with Crippen molar-refractivity contribution in [2.45, 2.75) is 341 Å². The molecule has 2 unspecified atom stereocenters. The number of esters is 1. The molecule has 0 saturated heterocycles. The number of carbonyl (C=O) groups is 2. The van der Waals surface area contributed by atoms with Gasteiger partial charge < -0.3 is 20.3 Å². The zero-order chi connectivity index (χ0) is 48.6. The number of carbonyl (C=O) groups excluding carboxylic acids is 2. The minimum absolute atomic E-state index is 0.00915. The first-order valence-electron chi connectivity index (χ1n) is 30.1. The van der Waals surface area contributed by atoms with Gasteiger partial charge in [0, 0.05) is 12.8 Å². The first-order valence-corrected chi connectivity index (χ1v) is 30.1. The fourth-order valence-electron chi connectivity index (χ4n) is 9.34. The van der Waals surface area contributed by atoms with Crippen molar-refractivity contribution in [2.75, 3.05) is 13.2 Å². The normalized spacial score (nSPS) is 12.7. The summed E-state index contributed by atoms with van der Waals surface area (Å²) in [5.41, 5.74) is 0. The van der Waals surface area contributed by atoms with E-state index in [0.29, 0.717) is 19.4 Å². The Balaban J connectivity index is 3.47. The third-order valence-corrected chi connectivity index (χ3v) is 14.0. The van der Waals surface area contributed by atoms with E-state index in [1.54, 1.807) is 6.08 Å². The molecule has 0 aliphatic rings. The van der Waals surface area contributed by atoms with Gasteiger partial charge in [-0.15, -0.1) is 0 Å². The van der Waals surface area contributed by atoms with Crippen LogP contribution in [0.1, 0.15) is 328 Å². The Morgan fingerprint density at radius 2 is 0.701 bits per heavy atom. The molecule has 6 heteroatoms. The molecule has 1 amide bonds. The number of ether oxygens (including phenoxy) is 1. The molecular weight excluding hydrogens is 827 g/mol. The third kappa shape index (κ3) is 53.5. The highest BCUT2D eigenvalue weighted by molar-refractivity contribution is 5.76. The van der Waals surface area contributed by atoms with E-state index < -0.39 is 12.1 Å². The maximum absolute atomic E-state index is 12.5. The van der Waals surface area contributed by atoms with E-state index >= 15 is 0 Å². The number of nitrogens with one attached hydrogen (secondary N) is 1. The molecule has 396 valence electrons. The van der Waals surface area contributed by atoms with Crippen LogP contribution in [0.2, 0.25) is 0 Å². The largest absolute Gasteiger partial charge is 0.466 e. The molecule has 3 N–H and O–H groups in total. The molecule has 0 rings (SSSR count). The number of allylic oxidation sites excluding steroid dienone is 3. The molecule has 0 fully saturated rings. The minimum Gasteiger partial charge on any atom is -0.466 e. The van der Waals surface area contributed by atoms with Crippen molar-refractivity contribution in [1.82, 2.24) is 5.32 Å². The average molecular weight is 945 g/mol. The summed E-state index contributed by atoms with van der Waals surface area (Å²) in [5.74, 6) is -0.0875. The second-order valence-corrected chi connectivity index (χ2v) is 20.7. The van der Waals surface area contributed by atoms with Gasteiger partial charge in [-0.3, -0.25) is 9.59 Å². The van der Waals surface area contributed by atoms with Crippen LogP contribution < -0.4 is 5.32 Å². The van der Waals surface area contributed by atoms with Gasteiger partial charge in [-0.05, 0) is 57.8 Å². The fourth-order valence-corrected chi connectivity index (χ4v) is 9.34. The van der Waals surface area contributed by atoms with Gasteiger partial charge in [-0.2, -0.15) is 0 Å². The van der Waals surface area contributed by atoms with Gasteiger partial charge in [0.25, 0.3) is 0 Å². The summed E-state index contributed by atoms with van der Waals surface area (Å²) in [6, 6.07) is -0.638. The standard InChI is InChI=1S/C61H117NO5/c1-3-5-7-9-11-13-15-17-19-21-23-24-26-29-33-37-41-45-49-53-59(64)58(57-63)62-60(65)54-50-46-42-38-34-30-28-32-36-40-44-48-52-56-67-61(66)55-51-47-43-39-35-31-27-25-22-20-18-16-14-12-10-8-6-4-2/h20,22,49,53,58-59,63-64H,3-19,21,23-48,50-52,54-57H2,1-2H3,(H,62,65)/b22-20-,53-49+. The topological polar surface area (TPSA) is 95.9 Å². The Bertz CT molecular complexity index is 1040. The molecule has 0 bridgehead atoms. The van der Waals surface area contributed by atoms with Crippen molar-refractivity contribution in [1.29, 1.82) is 0 Å². The lowest BCUT2D eigenvalue weighted by Crippen LogP contribution is -2.45. The molecular formula is C61H117NO5. The predicted octanol–water partition coefficient (Wildman–Crippen LogP) is 18.6. The maximum atomic E-state index is 12.5. The molecule has 67 heavy (non-hydrogen) atoms. The van der Waals surface area contributed by atoms with E-state index in [2.05, 4.69) is 31.3 Å². The van der Waals surface area contributed by atoms with Crippen molar-refractivity contribution >= 4 is 11.9 Å². The molecule has 0 aromatic carbocycles. The summed E-state index contributed by atoms with van der Waals surface area (Å²) in [7, 11) is 0. The fraction of sp³-hybridized carbons (Fsp3) is 0.902. The highest BCUT2D eigenvalue weighted by Gasteiger charge is 2.18. The van der Waals surface area contributed by atoms with E-state index in [4.69, 9.17) is 4.74 Å². The number of hydrogen-bond acceptors (Lipinski definition) is 5. The number of aliphatic hydroxyl groups excluding tert-OH is 2. The summed E-state index contributed by atoms with van der Waals surface area (Å²) in [6.45, 7) is 4.89. The Kier molecular flexibility index (Phi) is 55.5. The van der Waals surface area contributed by atoms with Crippen molar-refractivity contribution in [3.8, 4) is 0 Å². The first kappa shape index (κ1) is 65.3. The SMILES string of the molecule is CCCCCCCCC/C=C\CCCCCCCCCC(=O)OCCCCCCCCCCCCCCCC(=O)NC(CO)C(O)/C=C/CCCCCCCCCCCCCCCCCCC. The van der Waals surface area contributed by atoms with Crippen LogP contribution in [0.5, 0.6) is 0 Å².